The topological polar surface area (TPSA) is 68.1 Å². The van der Waals surface area contributed by atoms with Gasteiger partial charge in [0, 0.05) is 31.4 Å². The van der Waals surface area contributed by atoms with Crippen molar-refractivity contribution < 1.29 is 9.50 Å². The summed E-state index contributed by atoms with van der Waals surface area (Å²) < 4.78 is 14.1. The predicted octanol–water partition coefficient (Wildman–Crippen LogP) is 2.59. The van der Waals surface area contributed by atoms with Gasteiger partial charge in [-0.05, 0) is 52.9 Å². The Hall–Kier alpha value is -0.980. The molecule has 0 spiro atoms. The van der Waals surface area contributed by atoms with Crippen LogP contribution in [0.4, 0.5) is 10.1 Å². The van der Waals surface area contributed by atoms with Crippen molar-refractivity contribution in [3.05, 3.63) is 29.1 Å². The number of rotatable bonds is 8. The van der Waals surface area contributed by atoms with E-state index in [2.05, 4.69) is 26.6 Å². The average Bonchev–Trinajstić information content (AvgIpc) is 3.19. The molecule has 1 aliphatic rings. The van der Waals surface area contributed by atoms with Gasteiger partial charge >= 0.3 is 0 Å². The minimum absolute atomic E-state index is 0.0169. The molecule has 0 radical (unpaired) electrons. The first kappa shape index (κ1) is 15.4. The summed E-state index contributed by atoms with van der Waals surface area (Å²) in [6.07, 6.45) is 2.96. The van der Waals surface area contributed by atoms with Gasteiger partial charge in [-0.3, -0.25) is 5.41 Å². The molecule has 1 fully saturated rings. The molecule has 4 N–H and O–H groups in total. The lowest BCUT2D eigenvalue weighted by molar-refractivity contribution is 0.292. The van der Waals surface area contributed by atoms with Gasteiger partial charge < -0.3 is 15.7 Å². The van der Waals surface area contributed by atoms with Crippen molar-refractivity contribution in [3.8, 4) is 0 Å². The van der Waals surface area contributed by atoms with Gasteiger partial charge in [0.2, 0.25) is 0 Å². The first-order chi connectivity index (χ1) is 9.61. The van der Waals surface area contributed by atoms with Crippen LogP contribution in [-0.2, 0) is 6.54 Å². The Morgan fingerprint density at radius 3 is 2.80 bits per heavy atom. The largest absolute Gasteiger partial charge is 0.396 e. The molecule has 0 saturated heterocycles. The number of nitrogens with one attached hydrogen (secondary N) is 3. The van der Waals surface area contributed by atoms with Crippen molar-refractivity contribution in [2.45, 2.75) is 31.8 Å². The Labute approximate surface area is 126 Å². The van der Waals surface area contributed by atoms with E-state index in [-0.39, 0.29) is 16.8 Å². The van der Waals surface area contributed by atoms with Crippen LogP contribution in [0.3, 0.4) is 0 Å². The minimum atomic E-state index is -0.409. The van der Waals surface area contributed by atoms with Gasteiger partial charge in [-0.15, -0.1) is 0 Å². The first-order valence-corrected chi connectivity index (χ1v) is 7.56. The summed E-state index contributed by atoms with van der Waals surface area (Å²) in [6, 6.07) is 3.90. The third kappa shape index (κ3) is 4.26. The highest BCUT2D eigenvalue weighted by atomic mass is 79.9. The second kappa shape index (κ2) is 7.15. The fourth-order valence-corrected chi connectivity index (χ4v) is 2.38. The highest BCUT2D eigenvalue weighted by Crippen LogP contribution is 2.25. The number of aliphatic hydroxyl groups is 1. The monoisotopic (exact) mass is 343 g/mol. The molecule has 110 valence electrons. The smallest absolute Gasteiger partial charge is 0.135 e. The van der Waals surface area contributed by atoms with E-state index in [4.69, 9.17) is 10.5 Å². The first-order valence-electron chi connectivity index (χ1n) is 6.76. The van der Waals surface area contributed by atoms with Crippen LogP contribution in [0.5, 0.6) is 0 Å². The van der Waals surface area contributed by atoms with Gasteiger partial charge in [0.15, 0.2) is 0 Å². The molecular weight excluding hydrogens is 325 g/mol. The Morgan fingerprint density at radius 1 is 1.45 bits per heavy atom. The van der Waals surface area contributed by atoms with E-state index in [0.717, 1.165) is 5.56 Å². The summed E-state index contributed by atoms with van der Waals surface area (Å²) >= 11 is 3.03. The lowest BCUT2D eigenvalue weighted by Gasteiger charge is -2.14. The van der Waals surface area contributed by atoms with Crippen LogP contribution in [0.1, 0.15) is 30.4 Å². The van der Waals surface area contributed by atoms with E-state index < -0.39 is 5.82 Å². The molecule has 1 aliphatic carbocycles. The quantitative estimate of drug-likeness (QED) is 0.433. The minimum Gasteiger partial charge on any atom is -0.396 e. The van der Waals surface area contributed by atoms with Crippen LogP contribution in [0, 0.1) is 11.2 Å². The standard InChI is InChI=1S/C14H19BrFN3O/c15-14(17)13-11(16)6-9(8-19-10-2-3-10)7-12(13)18-4-1-5-20/h6-7,10,17-20H,1-5,8H2. The molecular formula is C14H19BrFN3O. The van der Waals surface area contributed by atoms with Crippen molar-refractivity contribution >= 4 is 26.2 Å². The van der Waals surface area contributed by atoms with Crippen LogP contribution in [-0.4, -0.2) is 28.9 Å². The van der Waals surface area contributed by atoms with Crippen molar-refractivity contribution in [3.63, 3.8) is 0 Å². The Balaban J connectivity index is 2.15. The van der Waals surface area contributed by atoms with Gasteiger partial charge in [0.1, 0.15) is 10.4 Å². The number of anilines is 1. The van der Waals surface area contributed by atoms with E-state index >= 15 is 0 Å². The maximum absolute atomic E-state index is 14.1. The highest BCUT2D eigenvalue weighted by Gasteiger charge is 2.21. The fraction of sp³-hybridized carbons (Fsp3) is 0.500. The molecule has 0 heterocycles. The van der Waals surface area contributed by atoms with Crippen LogP contribution in [0.15, 0.2) is 12.1 Å². The summed E-state index contributed by atoms with van der Waals surface area (Å²) in [4.78, 5) is 0. The normalized spacial score (nSPS) is 14.3. The summed E-state index contributed by atoms with van der Waals surface area (Å²) in [5.74, 6) is -0.409. The van der Waals surface area contributed by atoms with Gasteiger partial charge in [-0.1, -0.05) is 0 Å². The van der Waals surface area contributed by atoms with E-state index in [9.17, 15) is 4.39 Å². The molecule has 4 nitrogen and oxygen atoms in total. The molecule has 1 aromatic rings. The molecule has 0 unspecified atom stereocenters. The molecule has 1 aromatic carbocycles. The van der Waals surface area contributed by atoms with Crippen molar-refractivity contribution in [1.29, 1.82) is 5.41 Å². The van der Waals surface area contributed by atoms with Crippen LogP contribution >= 0.6 is 15.9 Å². The van der Waals surface area contributed by atoms with Gasteiger partial charge in [-0.2, -0.15) is 0 Å². The SMILES string of the molecule is N=C(Br)c1c(F)cc(CNC2CC2)cc1NCCCO. The second-order valence-corrected chi connectivity index (χ2v) is 5.77. The molecule has 0 aromatic heterocycles. The highest BCUT2D eigenvalue weighted by molar-refractivity contribution is 9.18. The maximum Gasteiger partial charge on any atom is 0.135 e. The molecule has 0 atom stereocenters. The molecule has 0 bridgehead atoms. The Kier molecular flexibility index (Phi) is 5.51. The second-order valence-electron chi connectivity index (χ2n) is 4.97. The van der Waals surface area contributed by atoms with Crippen LogP contribution in [0.25, 0.3) is 0 Å². The van der Waals surface area contributed by atoms with E-state index in [1.807, 2.05) is 6.07 Å². The number of aliphatic hydroxyl groups excluding tert-OH is 1. The van der Waals surface area contributed by atoms with E-state index in [1.54, 1.807) is 0 Å². The van der Waals surface area contributed by atoms with Crippen molar-refractivity contribution in [1.82, 2.24) is 5.32 Å². The average molecular weight is 344 g/mol. The van der Waals surface area contributed by atoms with E-state index in [0.29, 0.717) is 31.2 Å². The Bertz CT molecular complexity index is 492. The number of hydrogen-bond acceptors (Lipinski definition) is 4. The summed E-state index contributed by atoms with van der Waals surface area (Å²) in [5.41, 5.74) is 1.68. The van der Waals surface area contributed by atoms with Gasteiger partial charge in [-0.25, -0.2) is 4.39 Å². The number of halogens is 2. The summed E-state index contributed by atoms with van der Waals surface area (Å²) in [7, 11) is 0. The predicted molar refractivity (Wildman–Crippen MR) is 82.2 cm³/mol. The lowest BCUT2D eigenvalue weighted by atomic mass is 10.1. The molecule has 0 amide bonds. The third-order valence-corrected chi connectivity index (χ3v) is 3.59. The zero-order chi connectivity index (χ0) is 14.5. The third-order valence-electron chi connectivity index (χ3n) is 3.19. The van der Waals surface area contributed by atoms with Crippen LogP contribution in [0.2, 0.25) is 0 Å². The molecule has 1 saturated carbocycles. The molecule has 0 aliphatic heterocycles. The maximum atomic E-state index is 14.1. The van der Waals surface area contributed by atoms with Gasteiger partial charge in [0.05, 0.1) is 5.56 Å². The zero-order valence-corrected chi connectivity index (χ0v) is 12.8. The lowest BCUT2D eigenvalue weighted by Crippen LogP contribution is -2.16. The molecule has 6 heteroatoms. The number of benzene rings is 1. The van der Waals surface area contributed by atoms with Crippen molar-refractivity contribution in [2.24, 2.45) is 0 Å². The number of hydrogen-bond donors (Lipinski definition) is 4. The zero-order valence-electron chi connectivity index (χ0n) is 11.2. The van der Waals surface area contributed by atoms with Crippen molar-refractivity contribution in [2.75, 3.05) is 18.5 Å². The molecule has 20 heavy (non-hydrogen) atoms. The fourth-order valence-electron chi connectivity index (χ4n) is 1.98. The summed E-state index contributed by atoms with van der Waals surface area (Å²) in [5, 5.41) is 22.9. The van der Waals surface area contributed by atoms with Crippen LogP contribution < -0.4 is 10.6 Å². The summed E-state index contributed by atoms with van der Waals surface area (Å²) in [6.45, 7) is 1.26. The Morgan fingerprint density at radius 2 is 2.20 bits per heavy atom. The van der Waals surface area contributed by atoms with E-state index in [1.165, 1.54) is 18.9 Å². The van der Waals surface area contributed by atoms with Gasteiger partial charge in [0.25, 0.3) is 0 Å². The molecule has 2 rings (SSSR count).